The lowest BCUT2D eigenvalue weighted by Crippen LogP contribution is -2.40. The molecular formula is C34H36N4O5. The van der Waals surface area contributed by atoms with Gasteiger partial charge in [-0.15, -0.1) is 0 Å². The van der Waals surface area contributed by atoms with Crippen LogP contribution in [0.15, 0.2) is 42.6 Å². The number of aromatic nitrogens is 3. The number of rotatable bonds is 5. The van der Waals surface area contributed by atoms with Crippen LogP contribution >= 0.6 is 0 Å². The highest BCUT2D eigenvalue weighted by molar-refractivity contribution is 6.04. The highest BCUT2D eigenvalue weighted by atomic mass is 16.5. The Morgan fingerprint density at radius 1 is 1.02 bits per heavy atom. The number of allylic oxidation sites excluding steroid dienone is 1. The van der Waals surface area contributed by atoms with E-state index in [4.69, 9.17) is 9.47 Å². The summed E-state index contributed by atoms with van der Waals surface area (Å²) in [6, 6.07) is 11.7. The van der Waals surface area contributed by atoms with Gasteiger partial charge in [-0.05, 0) is 71.9 Å². The number of aryl methyl sites for hydroxylation is 1. The van der Waals surface area contributed by atoms with Crippen LogP contribution < -0.4 is 4.74 Å². The van der Waals surface area contributed by atoms with Gasteiger partial charge in [0.25, 0.3) is 5.91 Å². The van der Waals surface area contributed by atoms with Crippen molar-refractivity contribution in [3.05, 3.63) is 70.5 Å². The fourth-order valence-corrected chi connectivity index (χ4v) is 7.23. The van der Waals surface area contributed by atoms with E-state index >= 15 is 0 Å². The van der Waals surface area contributed by atoms with Crippen LogP contribution in [0.3, 0.4) is 0 Å². The van der Waals surface area contributed by atoms with Crippen molar-refractivity contribution in [2.45, 2.75) is 44.6 Å². The summed E-state index contributed by atoms with van der Waals surface area (Å²) in [4.78, 5) is 27.7. The lowest BCUT2D eigenvalue weighted by atomic mass is 9.81. The summed E-state index contributed by atoms with van der Waals surface area (Å²) in [7, 11) is 3.54. The van der Waals surface area contributed by atoms with Gasteiger partial charge in [0.1, 0.15) is 5.75 Å². The van der Waals surface area contributed by atoms with Gasteiger partial charge in [-0.1, -0.05) is 25.3 Å². The highest BCUT2D eigenvalue weighted by Crippen LogP contribution is 2.48. The minimum absolute atomic E-state index is 0.0592. The topological polar surface area (TPSA) is 98.8 Å². The molecule has 4 aromatic rings. The second-order valence-electron chi connectivity index (χ2n) is 11.8. The zero-order valence-corrected chi connectivity index (χ0v) is 24.6. The van der Waals surface area contributed by atoms with Crippen LogP contribution in [0.2, 0.25) is 0 Å². The molecular weight excluding hydrogens is 544 g/mol. The van der Waals surface area contributed by atoms with E-state index in [2.05, 4.69) is 27.9 Å². The molecule has 1 saturated carbocycles. The highest BCUT2D eigenvalue weighted by Gasteiger charge is 2.32. The number of fused-ring (bicyclic) bond motifs is 5. The van der Waals surface area contributed by atoms with E-state index < -0.39 is 5.97 Å². The maximum Gasteiger partial charge on any atom is 0.335 e. The fourth-order valence-electron chi connectivity index (χ4n) is 7.23. The number of aromatic carboxylic acids is 1. The van der Waals surface area contributed by atoms with Gasteiger partial charge in [0, 0.05) is 36.6 Å². The molecule has 9 heteroatoms. The first-order valence-corrected chi connectivity index (χ1v) is 15.1. The normalized spacial score (nSPS) is 17.3. The maximum absolute atomic E-state index is 13.8. The summed E-state index contributed by atoms with van der Waals surface area (Å²) in [5, 5.41) is 15.6. The number of hydrogen-bond donors (Lipinski definition) is 1. The third-order valence-corrected chi connectivity index (χ3v) is 9.31. The molecule has 0 spiro atoms. The molecule has 3 aliphatic rings. The Kier molecular flexibility index (Phi) is 7.05. The summed E-state index contributed by atoms with van der Waals surface area (Å²) in [6.45, 7) is 2.59. The molecule has 0 bridgehead atoms. The number of hydrogen-bond acceptors (Lipinski definition) is 5. The number of nitrogens with zero attached hydrogens (tertiary/aromatic N) is 4. The van der Waals surface area contributed by atoms with Crippen molar-refractivity contribution in [1.82, 2.24) is 19.2 Å². The first-order valence-electron chi connectivity index (χ1n) is 15.1. The van der Waals surface area contributed by atoms with Crippen LogP contribution in [0, 0.1) is 0 Å². The SMILES string of the molecule is COc1ccc2c(c1)C=C(c1c(C(=O)N3CCOCC3)cnn1C)Cn1c-2c(C2CCCCC2)c2ccc(C(=O)O)cc21. The van der Waals surface area contributed by atoms with Crippen molar-refractivity contribution in [2.24, 2.45) is 7.05 Å². The number of amides is 1. The molecule has 1 saturated heterocycles. The monoisotopic (exact) mass is 580 g/mol. The van der Waals surface area contributed by atoms with Gasteiger partial charge in [0.15, 0.2) is 0 Å². The minimum Gasteiger partial charge on any atom is -0.497 e. The standard InChI is InChI=1S/C34H36N4O5/c1-36-31(28(19-35-36)33(39)37-12-14-43-15-13-37)24-16-23-17-25(42-2)9-11-26(23)32-30(21-6-4-3-5-7-21)27-10-8-22(34(40)41)18-29(27)38(32)20-24/h8-11,16-19,21H,3-7,12-15,20H2,1-2H3,(H,40,41). The molecule has 1 N–H and O–H groups in total. The Hall–Kier alpha value is -4.37. The molecule has 1 amide bonds. The molecule has 0 radical (unpaired) electrons. The number of carbonyl (C=O) groups excluding carboxylic acids is 1. The molecule has 0 atom stereocenters. The Morgan fingerprint density at radius 3 is 2.56 bits per heavy atom. The zero-order chi connectivity index (χ0) is 29.7. The molecule has 43 heavy (non-hydrogen) atoms. The summed E-state index contributed by atoms with van der Waals surface area (Å²) < 4.78 is 15.2. The van der Waals surface area contributed by atoms with E-state index in [1.54, 1.807) is 24.1 Å². The fraction of sp³-hybridized carbons (Fsp3) is 0.382. The van der Waals surface area contributed by atoms with Gasteiger partial charge in [0.05, 0.1) is 55.6 Å². The molecule has 2 aromatic carbocycles. The van der Waals surface area contributed by atoms with E-state index in [-0.39, 0.29) is 11.5 Å². The van der Waals surface area contributed by atoms with Crippen LogP contribution in [0.25, 0.3) is 33.8 Å². The van der Waals surface area contributed by atoms with Gasteiger partial charge in [-0.2, -0.15) is 5.10 Å². The maximum atomic E-state index is 13.8. The van der Waals surface area contributed by atoms with Crippen molar-refractivity contribution in [3.8, 4) is 17.0 Å². The number of methoxy groups -OCH3 is 1. The number of carboxylic acid groups (broad SMARTS) is 1. The predicted octanol–water partition coefficient (Wildman–Crippen LogP) is 5.82. The van der Waals surface area contributed by atoms with E-state index in [1.165, 1.54) is 24.8 Å². The van der Waals surface area contributed by atoms with Gasteiger partial charge in [-0.3, -0.25) is 9.48 Å². The van der Waals surface area contributed by atoms with Crippen molar-refractivity contribution in [3.63, 3.8) is 0 Å². The minimum atomic E-state index is -0.948. The molecule has 222 valence electrons. The molecule has 7 rings (SSSR count). The third kappa shape index (κ3) is 4.72. The largest absolute Gasteiger partial charge is 0.497 e. The summed E-state index contributed by atoms with van der Waals surface area (Å²) in [5.74, 6) is 0.128. The number of benzene rings is 2. The molecule has 2 fully saturated rings. The van der Waals surface area contributed by atoms with Gasteiger partial charge >= 0.3 is 5.97 Å². The molecule has 9 nitrogen and oxygen atoms in total. The average Bonchev–Trinajstić information content (AvgIpc) is 3.52. The van der Waals surface area contributed by atoms with Crippen LogP contribution in [-0.4, -0.2) is 69.6 Å². The van der Waals surface area contributed by atoms with Crippen molar-refractivity contribution in [2.75, 3.05) is 33.4 Å². The number of morpholine rings is 1. The van der Waals surface area contributed by atoms with Crippen molar-refractivity contribution < 1.29 is 24.2 Å². The molecule has 2 aliphatic heterocycles. The first kappa shape index (κ1) is 27.5. The van der Waals surface area contributed by atoms with E-state index in [0.717, 1.165) is 57.6 Å². The van der Waals surface area contributed by atoms with E-state index in [9.17, 15) is 14.7 Å². The first-order chi connectivity index (χ1) is 20.9. The Balaban J connectivity index is 1.48. The number of carbonyl (C=O) groups is 2. The average molecular weight is 581 g/mol. The van der Waals surface area contributed by atoms with Crippen LogP contribution in [0.5, 0.6) is 5.75 Å². The van der Waals surface area contributed by atoms with E-state index in [1.807, 2.05) is 30.1 Å². The Bertz CT molecular complexity index is 1770. The smallest absolute Gasteiger partial charge is 0.335 e. The summed E-state index contributed by atoms with van der Waals surface area (Å²) in [6.07, 6.45) is 9.64. The number of carboxylic acids is 1. The second-order valence-corrected chi connectivity index (χ2v) is 11.8. The van der Waals surface area contributed by atoms with Crippen LogP contribution in [0.1, 0.15) is 75.6 Å². The third-order valence-electron chi connectivity index (χ3n) is 9.31. The Morgan fingerprint density at radius 2 is 1.81 bits per heavy atom. The quantitative estimate of drug-likeness (QED) is 0.319. The zero-order valence-electron chi connectivity index (χ0n) is 24.6. The van der Waals surface area contributed by atoms with Gasteiger partial charge < -0.3 is 24.0 Å². The van der Waals surface area contributed by atoms with E-state index in [0.29, 0.717) is 44.3 Å². The lowest BCUT2D eigenvalue weighted by molar-refractivity contribution is 0.0302. The van der Waals surface area contributed by atoms with Gasteiger partial charge in [0.2, 0.25) is 0 Å². The van der Waals surface area contributed by atoms with Crippen LogP contribution in [-0.2, 0) is 18.3 Å². The van der Waals surface area contributed by atoms with Gasteiger partial charge in [-0.25, -0.2) is 4.79 Å². The number of ether oxygens (including phenoxy) is 2. The van der Waals surface area contributed by atoms with Crippen molar-refractivity contribution >= 4 is 34.4 Å². The summed E-state index contributed by atoms with van der Waals surface area (Å²) >= 11 is 0. The molecule has 1 aliphatic carbocycles. The lowest BCUT2D eigenvalue weighted by Gasteiger charge is -2.27. The molecule has 4 heterocycles. The van der Waals surface area contributed by atoms with Crippen molar-refractivity contribution in [1.29, 1.82) is 0 Å². The molecule has 0 unspecified atom stereocenters. The van der Waals surface area contributed by atoms with Crippen LogP contribution in [0.4, 0.5) is 0 Å². The summed E-state index contributed by atoms with van der Waals surface area (Å²) in [5.41, 5.74) is 7.89. The Labute approximate surface area is 250 Å². The second kappa shape index (κ2) is 11.0. The molecule has 2 aromatic heterocycles. The predicted molar refractivity (Wildman–Crippen MR) is 165 cm³/mol.